The minimum absolute atomic E-state index is 1.04. The average molecular weight is 152 g/mol. The lowest BCUT2D eigenvalue weighted by Crippen LogP contribution is -2.03. The first-order valence-electron chi connectivity index (χ1n) is 4.36. The minimum Gasteiger partial charge on any atom is -0.332 e. The van der Waals surface area contributed by atoms with Gasteiger partial charge in [-0.15, -0.1) is 0 Å². The molecule has 1 rings (SSSR count). The van der Waals surface area contributed by atoms with Gasteiger partial charge in [0.25, 0.3) is 0 Å². The molecule has 0 fully saturated rings. The van der Waals surface area contributed by atoms with Crippen molar-refractivity contribution < 1.29 is 0 Å². The maximum atomic E-state index is 4.34. The van der Waals surface area contributed by atoms with Gasteiger partial charge in [0.05, 0.1) is 0 Å². The Morgan fingerprint density at radius 1 is 1.27 bits per heavy atom. The van der Waals surface area contributed by atoms with E-state index in [1.807, 2.05) is 6.20 Å². The van der Waals surface area contributed by atoms with Crippen LogP contribution in [0.4, 0.5) is 0 Å². The van der Waals surface area contributed by atoms with Crippen LogP contribution in [0.15, 0.2) is 6.20 Å². The van der Waals surface area contributed by atoms with Crippen LogP contribution in [0.5, 0.6) is 0 Å². The molecule has 2 heteroatoms. The van der Waals surface area contributed by atoms with E-state index in [1.54, 1.807) is 0 Å². The summed E-state index contributed by atoms with van der Waals surface area (Å²) in [6.07, 6.45) is 4.11. The standard InChI is InChI=1S/C9H16N2/c1-4-8-7-10-9(5-2)11(8)6-3/h7H,4-6H2,1-3H3. The minimum atomic E-state index is 1.04. The largest absolute Gasteiger partial charge is 0.332 e. The summed E-state index contributed by atoms with van der Waals surface area (Å²) in [5, 5.41) is 0. The third-order valence-corrected chi connectivity index (χ3v) is 2.02. The number of hydrogen-bond acceptors (Lipinski definition) is 1. The molecule has 1 aromatic rings. The number of hydrogen-bond donors (Lipinski definition) is 0. The van der Waals surface area contributed by atoms with E-state index in [9.17, 15) is 0 Å². The van der Waals surface area contributed by atoms with E-state index in [4.69, 9.17) is 0 Å². The van der Waals surface area contributed by atoms with Crippen LogP contribution < -0.4 is 0 Å². The van der Waals surface area contributed by atoms with Crippen LogP contribution in [0, 0.1) is 0 Å². The van der Waals surface area contributed by atoms with E-state index in [0.717, 1.165) is 19.4 Å². The van der Waals surface area contributed by atoms with Gasteiger partial charge in [-0.05, 0) is 13.3 Å². The van der Waals surface area contributed by atoms with Gasteiger partial charge in [-0.2, -0.15) is 0 Å². The van der Waals surface area contributed by atoms with Gasteiger partial charge in [-0.1, -0.05) is 13.8 Å². The molecule has 0 saturated heterocycles. The van der Waals surface area contributed by atoms with E-state index in [0.29, 0.717) is 0 Å². The Kier molecular flexibility index (Phi) is 2.69. The quantitative estimate of drug-likeness (QED) is 0.648. The predicted octanol–water partition coefficient (Wildman–Crippen LogP) is 2.03. The molecule has 0 saturated carbocycles. The van der Waals surface area contributed by atoms with Crippen LogP contribution >= 0.6 is 0 Å². The van der Waals surface area contributed by atoms with E-state index in [-0.39, 0.29) is 0 Å². The summed E-state index contributed by atoms with van der Waals surface area (Å²) in [6, 6.07) is 0. The number of aryl methyl sites for hydroxylation is 2. The van der Waals surface area contributed by atoms with Crippen molar-refractivity contribution in [3.8, 4) is 0 Å². The van der Waals surface area contributed by atoms with Crippen LogP contribution in [0.3, 0.4) is 0 Å². The van der Waals surface area contributed by atoms with E-state index < -0.39 is 0 Å². The average Bonchev–Trinajstić information content (AvgIpc) is 2.45. The number of rotatable bonds is 3. The molecule has 0 aliphatic heterocycles. The van der Waals surface area contributed by atoms with Crippen molar-refractivity contribution in [1.82, 2.24) is 9.55 Å². The molecule has 0 aliphatic rings. The highest BCUT2D eigenvalue weighted by molar-refractivity contribution is 5.05. The molecule has 0 bridgehead atoms. The van der Waals surface area contributed by atoms with Gasteiger partial charge >= 0.3 is 0 Å². The lowest BCUT2D eigenvalue weighted by atomic mass is 10.3. The second-order valence-electron chi connectivity index (χ2n) is 2.62. The smallest absolute Gasteiger partial charge is 0.108 e. The van der Waals surface area contributed by atoms with Crippen molar-refractivity contribution in [3.05, 3.63) is 17.7 Å². The molecule has 0 aliphatic carbocycles. The Balaban J connectivity index is 2.99. The van der Waals surface area contributed by atoms with Gasteiger partial charge in [-0.3, -0.25) is 0 Å². The monoisotopic (exact) mass is 152 g/mol. The molecule has 0 atom stereocenters. The molecule has 0 radical (unpaired) electrons. The summed E-state index contributed by atoms with van der Waals surface area (Å²) < 4.78 is 2.29. The maximum Gasteiger partial charge on any atom is 0.108 e. The second-order valence-corrected chi connectivity index (χ2v) is 2.62. The summed E-state index contributed by atoms with van der Waals surface area (Å²) in [5.74, 6) is 1.21. The zero-order chi connectivity index (χ0) is 8.27. The third kappa shape index (κ3) is 1.44. The van der Waals surface area contributed by atoms with E-state index in [1.165, 1.54) is 11.5 Å². The van der Waals surface area contributed by atoms with Crippen LogP contribution in [0.2, 0.25) is 0 Å². The van der Waals surface area contributed by atoms with Gasteiger partial charge < -0.3 is 4.57 Å². The highest BCUT2D eigenvalue weighted by atomic mass is 15.1. The van der Waals surface area contributed by atoms with Gasteiger partial charge in [0, 0.05) is 24.9 Å². The van der Waals surface area contributed by atoms with Crippen molar-refractivity contribution in [3.63, 3.8) is 0 Å². The Morgan fingerprint density at radius 3 is 2.45 bits per heavy atom. The Labute approximate surface area is 68.3 Å². The lowest BCUT2D eigenvalue weighted by molar-refractivity contribution is 0.672. The molecule has 1 heterocycles. The van der Waals surface area contributed by atoms with Gasteiger partial charge in [-0.25, -0.2) is 4.98 Å². The van der Waals surface area contributed by atoms with Gasteiger partial charge in [0.15, 0.2) is 0 Å². The van der Waals surface area contributed by atoms with E-state index >= 15 is 0 Å². The molecule has 11 heavy (non-hydrogen) atoms. The highest BCUT2D eigenvalue weighted by Crippen LogP contribution is 2.06. The maximum absolute atomic E-state index is 4.34. The fourth-order valence-corrected chi connectivity index (χ4v) is 1.40. The molecule has 0 aromatic carbocycles. The predicted molar refractivity (Wildman–Crippen MR) is 46.7 cm³/mol. The third-order valence-electron chi connectivity index (χ3n) is 2.02. The van der Waals surface area contributed by atoms with Crippen LogP contribution in [-0.4, -0.2) is 9.55 Å². The topological polar surface area (TPSA) is 17.8 Å². The molecule has 0 spiro atoms. The van der Waals surface area contributed by atoms with Crippen molar-refractivity contribution >= 4 is 0 Å². The molecule has 62 valence electrons. The molecule has 1 aromatic heterocycles. The van der Waals surface area contributed by atoms with Crippen LogP contribution in [-0.2, 0) is 19.4 Å². The van der Waals surface area contributed by atoms with Gasteiger partial charge in [0.2, 0.25) is 0 Å². The molecular formula is C9H16N2. The van der Waals surface area contributed by atoms with E-state index in [2.05, 4.69) is 30.3 Å². The first-order valence-corrected chi connectivity index (χ1v) is 4.36. The highest BCUT2D eigenvalue weighted by Gasteiger charge is 2.03. The fourth-order valence-electron chi connectivity index (χ4n) is 1.40. The summed E-state index contributed by atoms with van der Waals surface area (Å²) in [6.45, 7) is 7.53. The molecule has 0 unspecified atom stereocenters. The van der Waals surface area contributed by atoms with Crippen molar-refractivity contribution in [2.24, 2.45) is 0 Å². The van der Waals surface area contributed by atoms with Crippen LogP contribution in [0.25, 0.3) is 0 Å². The lowest BCUT2D eigenvalue weighted by Gasteiger charge is -2.05. The summed E-state index contributed by atoms with van der Waals surface area (Å²) in [7, 11) is 0. The number of aromatic nitrogens is 2. The molecule has 0 N–H and O–H groups in total. The Hall–Kier alpha value is -0.790. The van der Waals surface area contributed by atoms with Gasteiger partial charge in [0.1, 0.15) is 5.82 Å². The van der Waals surface area contributed by atoms with Crippen molar-refractivity contribution in [2.45, 2.75) is 40.2 Å². The molecule has 0 amide bonds. The summed E-state index contributed by atoms with van der Waals surface area (Å²) >= 11 is 0. The SMILES string of the molecule is CCc1cnc(CC)n1CC. The zero-order valence-electron chi connectivity index (χ0n) is 7.59. The second kappa shape index (κ2) is 3.56. The zero-order valence-corrected chi connectivity index (χ0v) is 7.59. The van der Waals surface area contributed by atoms with Crippen LogP contribution in [0.1, 0.15) is 32.3 Å². The Bertz CT molecular complexity index is 204. The first-order chi connectivity index (χ1) is 5.33. The first kappa shape index (κ1) is 8.31. The summed E-state index contributed by atoms with van der Waals surface area (Å²) in [4.78, 5) is 4.34. The van der Waals surface area contributed by atoms with Crippen molar-refractivity contribution in [2.75, 3.05) is 0 Å². The van der Waals surface area contributed by atoms with Crippen molar-refractivity contribution in [1.29, 1.82) is 0 Å². The summed E-state index contributed by atoms with van der Waals surface area (Å²) in [5.41, 5.74) is 1.35. The molecular weight excluding hydrogens is 136 g/mol. The number of imidazole rings is 1. The number of nitrogens with zero attached hydrogens (tertiary/aromatic N) is 2. The molecule has 2 nitrogen and oxygen atoms in total. The Morgan fingerprint density at radius 2 is 2.00 bits per heavy atom. The normalized spacial score (nSPS) is 10.5. The fraction of sp³-hybridized carbons (Fsp3) is 0.667.